The Bertz CT molecular complexity index is 610. The Morgan fingerprint density at radius 3 is 2.55 bits per heavy atom. The summed E-state index contributed by atoms with van der Waals surface area (Å²) in [5.41, 5.74) is 4.24. The van der Waals surface area contributed by atoms with E-state index in [0.29, 0.717) is 13.2 Å². The van der Waals surface area contributed by atoms with E-state index in [9.17, 15) is 4.79 Å². The Morgan fingerprint density at radius 2 is 1.86 bits per heavy atom. The van der Waals surface area contributed by atoms with E-state index in [1.807, 2.05) is 54.6 Å². The number of rotatable bonds is 6. The van der Waals surface area contributed by atoms with Crippen LogP contribution in [0.15, 0.2) is 59.7 Å². The van der Waals surface area contributed by atoms with Crippen molar-refractivity contribution >= 4 is 12.3 Å². The first-order valence-corrected chi connectivity index (χ1v) is 7.00. The molecule has 0 aromatic heterocycles. The molecule has 0 aliphatic heterocycles. The second-order valence-electron chi connectivity index (χ2n) is 4.43. The van der Waals surface area contributed by atoms with Crippen molar-refractivity contribution in [3.8, 4) is 5.75 Å². The first-order chi connectivity index (χ1) is 10.8. The van der Waals surface area contributed by atoms with Crippen molar-refractivity contribution in [1.82, 2.24) is 5.43 Å². The van der Waals surface area contributed by atoms with E-state index in [4.69, 9.17) is 4.74 Å². The summed E-state index contributed by atoms with van der Waals surface area (Å²) in [6.07, 6.45) is 0.972. The predicted molar refractivity (Wildman–Crippen MR) is 85.0 cm³/mol. The van der Waals surface area contributed by atoms with E-state index < -0.39 is 6.09 Å². The van der Waals surface area contributed by atoms with E-state index in [0.717, 1.165) is 16.9 Å². The maximum Gasteiger partial charge on any atom is 0.427 e. The fourth-order valence-electron chi connectivity index (χ4n) is 1.71. The number of nitrogens with zero attached hydrogens (tertiary/aromatic N) is 1. The molecule has 5 nitrogen and oxygen atoms in total. The Balaban J connectivity index is 1.82. The summed E-state index contributed by atoms with van der Waals surface area (Å²) in [7, 11) is 0. The second kappa shape index (κ2) is 8.46. The molecule has 0 aliphatic carbocycles. The van der Waals surface area contributed by atoms with Crippen LogP contribution in [0.4, 0.5) is 4.79 Å². The van der Waals surface area contributed by atoms with Gasteiger partial charge in [-0.15, -0.1) is 0 Å². The van der Waals surface area contributed by atoms with Crippen LogP contribution in [0, 0.1) is 0 Å². The highest BCUT2D eigenvalue weighted by atomic mass is 16.5. The minimum absolute atomic E-state index is 0.314. The standard InChI is InChI=1S/C17H18N2O3/c1-2-21-17(20)19-18-12-14-8-10-16(11-9-14)22-13-15-6-4-3-5-7-15/h3-12H,2,13H2,1H3,(H,19,20)/b18-12-. The third kappa shape index (κ3) is 5.28. The maximum atomic E-state index is 11.0. The molecule has 0 saturated carbocycles. The molecule has 0 bridgehead atoms. The lowest BCUT2D eigenvalue weighted by atomic mass is 10.2. The molecular formula is C17H18N2O3. The van der Waals surface area contributed by atoms with Crippen molar-refractivity contribution < 1.29 is 14.3 Å². The molecule has 5 heteroatoms. The molecule has 2 aromatic rings. The average Bonchev–Trinajstić information content (AvgIpc) is 2.55. The van der Waals surface area contributed by atoms with Crippen LogP contribution in [0.3, 0.4) is 0 Å². The van der Waals surface area contributed by atoms with Crippen molar-refractivity contribution in [2.75, 3.05) is 6.61 Å². The van der Waals surface area contributed by atoms with Gasteiger partial charge in [-0.3, -0.25) is 0 Å². The highest BCUT2D eigenvalue weighted by molar-refractivity contribution is 5.80. The van der Waals surface area contributed by atoms with Gasteiger partial charge >= 0.3 is 6.09 Å². The number of hydrazone groups is 1. The van der Waals surface area contributed by atoms with Gasteiger partial charge < -0.3 is 9.47 Å². The number of hydrogen-bond donors (Lipinski definition) is 1. The Hall–Kier alpha value is -2.82. The fourth-order valence-corrected chi connectivity index (χ4v) is 1.71. The van der Waals surface area contributed by atoms with Gasteiger partial charge in [0.1, 0.15) is 12.4 Å². The molecule has 1 N–H and O–H groups in total. The monoisotopic (exact) mass is 298 g/mol. The zero-order valence-electron chi connectivity index (χ0n) is 12.4. The summed E-state index contributed by atoms with van der Waals surface area (Å²) >= 11 is 0. The molecule has 0 aliphatic rings. The van der Waals surface area contributed by atoms with Gasteiger partial charge in [0, 0.05) is 0 Å². The summed E-state index contributed by atoms with van der Waals surface area (Å²) in [4.78, 5) is 11.0. The zero-order chi connectivity index (χ0) is 15.6. The van der Waals surface area contributed by atoms with E-state index in [-0.39, 0.29) is 0 Å². The molecule has 0 radical (unpaired) electrons. The number of carbonyl (C=O) groups excluding carboxylic acids is 1. The second-order valence-corrected chi connectivity index (χ2v) is 4.43. The summed E-state index contributed by atoms with van der Waals surface area (Å²) < 4.78 is 10.4. The number of amides is 1. The SMILES string of the molecule is CCOC(=O)N/N=C\c1ccc(OCc2ccccc2)cc1. The van der Waals surface area contributed by atoms with Gasteiger partial charge in [-0.25, -0.2) is 10.2 Å². The lowest BCUT2D eigenvalue weighted by Gasteiger charge is -2.06. The molecule has 2 rings (SSSR count). The quantitative estimate of drug-likeness (QED) is 0.657. The summed E-state index contributed by atoms with van der Waals surface area (Å²) in [6, 6.07) is 17.4. The first kappa shape index (κ1) is 15.6. The molecule has 114 valence electrons. The molecule has 0 saturated heterocycles. The van der Waals surface area contributed by atoms with Crippen LogP contribution in [0.2, 0.25) is 0 Å². The third-order valence-corrected chi connectivity index (χ3v) is 2.77. The number of benzene rings is 2. The van der Waals surface area contributed by atoms with Crippen molar-refractivity contribution in [3.63, 3.8) is 0 Å². The smallest absolute Gasteiger partial charge is 0.427 e. The van der Waals surface area contributed by atoms with Crippen molar-refractivity contribution in [2.24, 2.45) is 5.10 Å². The molecule has 22 heavy (non-hydrogen) atoms. The van der Waals surface area contributed by atoms with Gasteiger partial charge in [0.05, 0.1) is 12.8 Å². The molecule has 0 atom stereocenters. The van der Waals surface area contributed by atoms with Gasteiger partial charge in [0.2, 0.25) is 0 Å². The third-order valence-electron chi connectivity index (χ3n) is 2.77. The van der Waals surface area contributed by atoms with Gasteiger partial charge in [0.15, 0.2) is 0 Å². The van der Waals surface area contributed by atoms with Crippen molar-refractivity contribution in [3.05, 3.63) is 65.7 Å². The van der Waals surface area contributed by atoms with E-state index in [2.05, 4.69) is 15.3 Å². The summed E-state index contributed by atoms with van der Waals surface area (Å²) in [5, 5.41) is 3.79. The largest absolute Gasteiger partial charge is 0.489 e. The molecule has 0 unspecified atom stereocenters. The topological polar surface area (TPSA) is 59.9 Å². The Morgan fingerprint density at radius 1 is 1.14 bits per heavy atom. The number of ether oxygens (including phenoxy) is 2. The highest BCUT2D eigenvalue weighted by Gasteiger charge is 1.97. The molecule has 0 fully saturated rings. The lowest BCUT2D eigenvalue weighted by Crippen LogP contribution is -2.18. The van der Waals surface area contributed by atoms with Crippen LogP contribution < -0.4 is 10.2 Å². The number of carbonyl (C=O) groups is 1. The van der Waals surface area contributed by atoms with Crippen LogP contribution in [0.1, 0.15) is 18.1 Å². The van der Waals surface area contributed by atoms with Crippen LogP contribution in [-0.4, -0.2) is 18.9 Å². The highest BCUT2D eigenvalue weighted by Crippen LogP contribution is 2.13. The molecular weight excluding hydrogens is 280 g/mol. The van der Waals surface area contributed by atoms with Crippen LogP contribution in [0.5, 0.6) is 5.75 Å². The van der Waals surface area contributed by atoms with Crippen LogP contribution in [0.25, 0.3) is 0 Å². The number of nitrogens with one attached hydrogen (secondary N) is 1. The maximum absolute atomic E-state index is 11.0. The first-order valence-electron chi connectivity index (χ1n) is 7.00. The average molecular weight is 298 g/mol. The van der Waals surface area contributed by atoms with Gasteiger partial charge in [-0.1, -0.05) is 30.3 Å². The van der Waals surface area contributed by atoms with E-state index >= 15 is 0 Å². The zero-order valence-corrected chi connectivity index (χ0v) is 12.4. The lowest BCUT2D eigenvalue weighted by molar-refractivity contribution is 0.152. The molecule has 0 spiro atoms. The minimum Gasteiger partial charge on any atom is -0.489 e. The van der Waals surface area contributed by atoms with Gasteiger partial charge in [-0.2, -0.15) is 5.10 Å². The van der Waals surface area contributed by atoms with Gasteiger partial charge in [-0.05, 0) is 42.3 Å². The summed E-state index contributed by atoms with van der Waals surface area (Å²) in [6.45, 7) is 2.57. The number of hydrogen-bond acceptors (Lipinski definition) is 4. The van der Waals surface area contributed by atoms with E-state index in [1.54, 1.807) is 6.92 Å². The normalized spacial score (nSPS) is 10.4. The Labute approximate surface area is 129 Å². The Kier molecular flexibility index (Phi) is 5.99. The predicted octanol–water partition coefficient (Wildman–Crippen LogP) is 3.35. The van der Waals surface area contributed by atoms with Gasteiger partial charge in [0.25, 0.3) is 0 Å². The van der Waals surface area contributed by atoms with Crippen LogP contribution >= 0.6 is 0 Å². The molecule has 1 amide bonds. The molecule has 0 heterocycles. The minimum atomic E-state index is -0.568. The van der Waals surface area contributed by atoms with Crippen molar-refractivity contribution in [2.45, 2.75) is 13.5 Å². The van der Waals surface area contributed by atoms with Crippen molar-refractivity contribution in [1.29, 1.82) is 0 Å². The molecule has 2 aromatic carbocycles. The van der Waals surface area contributed by atoms with E-state index in [1.165, 1.54) is 6.21 Å². The fraction of sp³-hybridized carbons (Fsp3) is 0.176. The summed E-state index contributed by atoms with van der Waals surface area (Å²) in [5.74, 6) is 0.777. The van der Waals surface area contributed by atoms with Crippen LogP contribution in [-0.2, 0) is 11.3 Å².